The Labute approximate surface area is 421 Å². The number of ether oxygens (including phenoxy) is 3. The van der Waals surface area contributed by atoms with Gasteiger partial charge in [0.15, 0.2) is 6.10 Å². The van der Waals surface area contributed by atoms with Crippen molar-refractivity contribution in [2.75, 3.05) is 13.2 Å². The molecule has 0 aromatic carbocycles. The zero-order chi connectivity index (χ0) is 49.3. The molecule has 6 nitrogen and oxygen atoms in total. The highest BCUT2D eigenvalue weighted by Gasteiger charge is 2.19. The van der Waals surface area contributed by atoms with Crippen LogP contribution in [0.2, 0.25) is 0 Å². The number of carbonyl (C=O) groups is 3. The van der Waals surface area contributed by atoms with Gasteiger partial charge in [-0.25, -0.2) is 0 Å². The molecular formula is C62H108O6. The molecule has 0 radical (unpaired) electrons. The van der Waals surface area contributed by atoms with Crippen LogP contribution in [0.5, 0.6) is 0 Å². The third kappa shape index (κ3) is 53.8. The molecule has 0 aromatic rings. The van der Waals surface area contributed by atoms with Crippen LogP contribution >= 0.6 is 0 Å². The second-order valence-corrected chi connectivity index (χ2v) is 19.2. The van der Waals surface area contributed by atoms with E-state index < -0.39 is 6.10 Å². The van der Waals surface area contributed by atoms with Crippen molar-refractivity contribution in [2.24, 2.45) is 0 Å². The van der Waals surface area contributed by atoms with Gasteiger partial charge in [0.1, 0.15) is 13.2 Å². The molecular weight excluding hydrogens is 841 g/mol. The van der Waals surface area contributed by atoms with Gasteiger partial charge in [0.05, 0.1) is 0 Å². The molecule has 392 valence electrons. The molecule has 0 aliphatic carbocycles. The highest BCUT2D eigenvalue weighted by Crippen LogP contribution is 2.16. The summed E-state index contributed by atoms with van der Waals surface area (Å²) in [6.07, 6.45) is 72.2. The molecule has 1 unspecified atom stereocenters. The van der Waals surface area contributed by atoms with Crippen molar-refractivity contribution < 1.29 is 28.6 Å². The van der Waals surface area contributed by atoms with Crippen LogP contribution in [0.4, 0.5) is 0 Å². The van der Waals surface area contributed by atoms with E-state index in [0.29, 0.717) is 19.3 Å². The Kier molecular flexibility index (Phi) is 53.8. The van der Waals surface area contributed by atoms with Crippen molar-refractivity contribution in [2.45, 2.75) is 290 Å². The smallest absolute Gasteiger partial charge is 0.306 e. The average Bonchev–Trinajstić information content (AvgIpc) is 3.34. The van der Waals surface area contributed by atoms with E-state index >= 15 is 0 Å². The lowest BCUT2D eigenvalue weighted by Gasteiger charge is -2.18. The molecule has 0 aromatic heterocycles. The second-order valence-electron chi connectivity index (χ2n) is 19.2. The Hall–Kier alpha value is -3.15. The Bertz CT molecular complexity index is 1270. The highest BCUT2D eigenvalue weighted by molar-refractivity contribution is 5.71. The van der Waals surface area contributed by atoms with Crippen LogP contribution in [0.25, 0.3) is 0 Å². The lowest BCUT2D eigenvalue weighted by atomic mass is 10.0. The minimum absolute atomic E-state index is 0.0721. The molecule has 0 rings (SSSR count). The van der Waals surface area contributed by atoms with E-state index in [1.54, 1.807) is 0 Å². The van der Waals surface area contributed by atoms with Crippen molar-refractivity contribution in [3.63, 3.8) is 0 Å². The minimum Gasteiger partial charge on any atom is -0.462 e. The molecule has 0 fully saturated rings. The Morgan fingerprint density at radius 1 is 0.309 bits per heavy atom. The molecule has 0 aliphatic rings. The minimum atomic E-state index is -0.768. The number of rotatable bonds is 52. The summed E-state index contributed by atoms with van der Waals surface area (Å²) in [5.41, 5.74) is 0. The second kappa shape index (κ2) is 56.4. The van der Waals surface area contributed by atoms with Gasteiger partial charge in [-0.05, 0) is 70.6 Å². The number of carbonyl (C=O) groups excluding carboxylic acids is 3. The fraction of sp³-hybridized carbons (Fsp3) is 0.758. The van der Waals surface area contributed by atoms with Gasteiger partial charge in [-0.15, -0.1) is 0 Å². The van der Waals surface area contributed by atoms with Gasteiger partial charge in [0.2, 0.25) is 0 Å². The van der Waals surface area contributed by atoms with E-state index in [2.05, 4.69) is 93.7 Å². The van der Waals surface area contributed by atoms with Crippen LogP contribution in [-0.2, 0) is 28.6 Å². The Morgan fingerprint density at radius 2 is 0.574 bits per heavy atom. The molecule has 0 saturated carbocycles. The topological polar surface area (TPSA) is 78.9 Å². The van der Waals surface area contributed by atoms with Gasteiger partial charge in [-0.3, -0.25) is 14.4 Å². The fourth-order valence-electron chi connectivity index (χ4n) is 8.15. The summed E-state index contributed by atoms with van der Waals surface area (Å²) < 4.78 is 16.7. The quantitative estimate of drug-likeness (QED) is 0.0262. The lowest BCUT2D eigenvalue weighted by molar-refractivity contribution is -0.167. The van der Waals surface area contributed by atoms with Crippen molar-refractivity contribution in [3.8, 4) is 0 Å². The summed E-state index contributed by atoms with van der Waals surface area (Å²) in [6, 6.07) is 0. The summed E-state index contributed by atoms with van der Waals surface area (Å²) in [6.45, 7) is 6.48. The van der Waals surface area contributed by atoms with Crippen LogP contribution in [0.15, 0.2) is 72.9 Å². The number of allylic oxidation sites excluding steroid dienone is 12. The molecule has 6 heteroatoms. The van der Waals surface area contributed by atoms with Crippen LogP contribution in [-0.4, -0.2) is 37.2 Å². The zero-order valence-electron chi connectivity index (χ0n) is 44.9. The Balaban J connectivity index is 4.02. The summed E-state index contributed by atoms with van der Waals surface area (Å²) in [7, 11) is 0. The summed E-state index contributed by atoms with van der Waals surface area (Å²) >= 11 is 0. The van der Waals surface area contributed by atoms with Crippen LogP contribution < -0.4 is 0 Å². The summed E-state index contributed by atoms with van der Waals surface area (Å²) in [4.78, 5) is 37.8. The van der Waals surface area contributed by atoms with Gasteiger partial charge in [0.25, 0.3) is 0 Å². The summed E-state index contributed by atoms with van der Waals surface area (Å²) in [5.74, 6) is -0.875. The average molecular weight is 950 g/mol. The lowest BCUT2D eigenvalue weighted by Crippen LogP contribution is -2.30. The highest BCUT2D eigenvalue weighted by atomic mass is 16.6. The van der Waals surface area contributed by atoms with Crippen LogP contribution in [0.3, 0.4) is 0 Å². The van der Waals surface area contributed by atoms with Crippen LogP contribution in [0, 0.1) is 0 Å². The number of hydrogen-bond acceptors (Lipinski definition) is 6. The number of esters is 3. The standard InChI is InChI=1S/C62H108O6/c1-4-7-10-13-16-18-20-22-23-24-25-26-27-28-29-30-31-32-33-34-35-36-37-38-39-41-42-44-46-49-52-55-61(64)67-58-59(57-66-60(63)54-51-48-15-12-9-6-3)68-62(65)56-53-50-47-45-43-40-21-19-17-14-11-8-5-2/h7,10,16,18,22-23,25-26,28-29,31-32,59H,4-6,8-9,11-15,17,19-21,24,27,30,33-58H2,1-3H3/b10-7-,18-16-,23-22-,26-25-,29-28-,32-31-. The van der Waals surface area contributed by atoms with Gasteiger partial charge in [0, 0.05) is 19.3 Å². The summed E-state index contributed by atoms with van der Waals surface area (Å²) in [5, 5.41) is 0. The van der Waals surface area contributed by atoms with E-state index in [0.717, 1.165) is 96.3 Å². The maximum atomic E-state index is 12.7. The molecule has 0 aliphatic heterocycles. The third-order valence-electron chi connectivity index (χ3n) is 12.5. The first kappa shape index (κ1) is 64.8. The van der Waals surface area contributed by atoms with Gasteiger partial charge in [-0.2, -0.15) is 0 Å². The molecule has 0 bridgehead atoms. The van der Waals surface area contributed by atoms with E-state index in [1.165, 1.54) is 148 Å². The predicted molar refractivity (Wildman–Crippen MR) is 293 cm³/mol. The maximum absolute atomic E-state index is 12.7. The molecule has 1 atom stereocenters. The normalized spacial score (nSPS) is 12.6. The molecule has 0 saturated heterocycles. The molecule has 0 heterocycles. The predicted octanol–water partition coefficient (Wildman–Crippen LogP) is 19.4. The molecule has 0 amide bonds. The monoisotopic (exact) mass is 949 g/mol. The Morgan fingerprint density at radius 3 is 0.897 bits per heavy atom. The number of unbranched alkanes of at least 4 members (excludes halogenated alkanes) is 29. The molecule has 0 spiro atoms. The van der Waals surface area contributed by atoms with Gasteiger partial charge in [-0.1, -0.05) is 267 Å². The fourth-order valence-corrected chi connectivity index (χ4v) is 8.15. The van der Waals surface area contributed by atoms with Crippen molar-refractivity contribution in [1.82, 2.24) is 0 Å². The van der Waals surface area contributed by atoms with E-state index in [9.17, 15) is 14.4 Å². The van der Waals surface area contributed by atoms with Crippen molar-refractivity contribution in [3.05, 3.63) is 72.9 Å². The van der Waals surface area contributed by atoms with E-state index in [1.807, 2.05) is 0 Å². The SMILES string of the molecule is CC/C=C\C/C=C\C/C=C\C/C=C\C/C=C\C/C=C\CCCCCCCCCCCCCCC(=O)OCC(COC(=O)CCCCCCCC)OC(=O)CCCCCCCCCCCCCCC. The van der Waals surface area contributed by atoms with Crippen molar-refractivity contribution >= 4 is 17.9 Å². The van der Waals surface area contributed by atoms with E-state index in [4.69, 9.17) is 14.2 Å². The first-order valence-electron chi connectivity index (χ1n) is 28.9. The first-order valence-corrected chi connectivity index (χ1v) is 28.9. The largest absolute Gasteiger partial charge is 0.462 e. The third-order valence-corrected chi connectivity index (χ3v) is 12.5. The zero-order valence-corrected chi connectivity index (χ0v) is 44.9. The van der Waals surface area contributed by atoms with Gasteiger partial charge >= 0.3 is 17.9 Å². The maximum Gasteiger partial charge on any atom is 0.306 e. The first-order chi connectivity index (χ1) is 33.5. The molecule has 68 heavy (non-hydrogen) atoms. The number of hydrogen-bond donors (Lipinski definition) is 0. The van der Waals surface area contributed by atoms with E-state index in [-0.39, 0.29) is 31.1 Å². The van der Waals surface area contributed by atoms with Crippen LogP contribution in [0.1, 0.15) is 284 Å². The molecule has 0 N–H and O–H groups in total. The van der Waals surface area contributed by atoms with Crippen molar-refractivity contribution in [1.29, 1.82) is 0 Å². The van der Waals surface area contributed by atoms with Gasteiger partial charge < -0.3 is 14.2 Å².